The molecule has 1 saturated heterocycles. The van der Waals surface area contributed by atoms with Crippen LogP contribution in [0.3, 0.4) is 0 Å². The summed E-state index contributed by atoms with van der Waals surface area (Å²) in [5, 5.41) is 0. The Morgan fingerprint density at radius 3 is 2.71 bits per heavy atom. The van der Waals surface area contributed by atoms with Crippen molar-refractivity contribution in [2.45, 2.75) is 31.2 Å². The molecular weight excluding hydrogens is 378 g/mol. The first-order chi connectivity index (χ1) is 13.4. The first-order valence-corrected chi connectivity index (χ1v) is 10.7. The third-order valence-corrected chi connectivity index (χ3v) is 6.79. The molecule has 0 unspecified atom stereocenters. The Labute approximate surface area is 166 Å². The number of carbonyl (C=O) groups is 1. The van der Waals surface area contributed by atoms with E-state index in [1.807, 2.05) is 6.07 Å². The number of hydrogen-bond acceptors (Lipinski definition) is 5. The molecule has 2 heterocycles. The van der Waals surface area contributed by atoms with Crippen LogP contribution < -0.4 is 4.90 Å². The van der Waals surface area contributed by atoms with Gasteiger partial charge in [-0.3, -0.25) is 9.78 Å². The summed E-state index contributed by atoms with van der Waals surface area (Å²) >= 11 is 0. The second-order valence-electron chi connectivity index (χ2n) is 6.79. The van der Waals surface area contributed by atoms with Gasteiger partial charge in [0.2, 0.25) is 15.9 Å². The first-order valence-electron chi connectivity index (χ1n) is 9.22. The van der Waals surface area contributed by atoms with E-state index >= 15 is 0 Å². The number of amides is 1. The van der Waals surface area contributed by atoms with E-state index < -0.39 is 10.0 Å². The fourth-order valence-corrected chi connectivity index (χ4v) is 4.94. The quantitative estimate of drug-likeness (QED) is 0.676. The number of ether oxygens (including phenoxy) is 1. The van der Waals surface area contributed by atoms with Crippen LogP contribution in [0.25, 0.3) is 0 Å². The molecule has 8 heteroatoms. The lowest BCUT2D eigenvalue weighted by molar-refractivity contribution is -0.117. The van der Waals surface area contributed by atoms with Gasteiger partial charge in [0, 0.05) is 51.2 Å². The zero-order chi connectivity index (χ0) is 20.1. The van der Waals surface area contributed by atoms with Crippen LogP contribution in [0.5, 0.6) is 0 Å². The van der Waals surface area contributed by atoms with Gasteiger partial charge >= 0.3 is 0 Å². The van der Waals surface area contributed by atoms with Crippen LogP contribution in [0.4, 0.5) is 5.69 Å². The molecule has 2 aromatic rings. The van der Waals surface area contributed by atoms with Crippen LogP contribution in [0.15, 0.2) is 47.6 Å². The van der Waals surface area contributed by atoms with Crippen molar-refractivity contribution in [3.05, 3.63) is 53.9 Å². The molecule has 0 N–H and O–H groups in total. The highest BCUT2D eigenvalue weighted by atomic mass is 32.2. The molecular formula is C20H25N3O4S. The molecule has 1 aliphatic heterocycles. The molecule has 3 rings (SSSR count). The lowest BCUT2D eigenvalue weighted by Crippen LogP contribution is -2.34. The van der Waals surface area contributed by atoms with E-state index in [0.29, 0.717) is 25.1 Å². The van der Waals surface area contributed by atoms with Crippen LogP contribution >= 0.6 is 0 Å². The van der Waals surface area contributed by atoms with E-state index in [4.69, 9.17) is 4.74 Å². The van der Waals surface area contributed by atoms with Gasteiger partial charge in [0.1, 0.15) is 0 Å². The highest BCUT2D eigenvalue weighted by Crippen LogP contribution is 2.28. The lowest BCUT2D eigenvalue weighted by atomic mass is 10.2. The molecule has 28 heavy (non-hydrogen) atoms. The second kappa shape index (κ2) is 8.81. The van der Waals surface area contributed by atoms with Crippen LogP contribution in [0.1, 0.15) is 24.0 Å². The van der Waals surface area contributed by atoms with Crippen molar-refractivity contribution in [3.63, 3.8) is 0 Å². The molecule has 7 nitrogen and oxygen atoms in total. The van der Waals surface area contributed by atoms with Gasteiger partial charge in [-0.25, -0.2) is 8.42 Å². The van der Waals surface area contributed by atoms with Gasteiger partial charge in [-0.15, -0.1) is 0 Å². The second-order valence-corrected chi connectivity index (χ2v) is 8.70. The van der Waals surface area contributed by atoms with Gasteiger partial charge in [0.15, 0.2) is 0 Å². The Bertz CT molecular complexity index is 932. The normalized spacial score (nSPS) is 14.8. The first kappa shape index (κ1) is 20.4. The Morgan fingerprint density at radius 1 is 1.29 bits per heavy atom. The number of rotatable bonds is 8. The number of carbonyl (C=O) groups excluding carboxylic acids is 1. The van der Waals surface area contributed by atoms with E-state index in [9.17, 15) is 13.2 Å². The van der Waals surface area contributed by atoms with E-state index in [0.717, 1.165) is 17.7 Å². The molecule has 0 bridgehead atoms. The number of aryl methyl sites for hydroxylation is 1. The van der Waals surface area contributed by atoms with E-state index in [1.165, 1.54) is 4.31 Å². The number of anilines is 1. The SMILES string of the molecule is COCCN(Cc1cccnc1)S(=O)(=O)c1ccc(N2CCCC2=O)cc1C. The fraction of sp³-hybridized carbons (Fsp3) is 0.400. The Morgan fingerprint density at radius 2 is 2.11 bits per heavy atom. The van der Waals surface area contributed by atoms with E-state index in [1.54, 1.807) is 55.6 Å². The van der Waals surface area contributed by atoms with E-state index in [2.05, 4.69) is 4.98 Å². The maximum absolute atomic E-state index is 13.3. The predicted octanol–water partition coefficient (Wildman–Crippen LogP) is 2.35. The number of methoxy groups -OCH3 is 1. The number of hydrogen-bond donors (Lipinski definition) is 0. The fourth-order valence-electron chi connectivity index (χ4n) is 3.32. The van der Waals surface area contributed by atoms with Gasteiger partial charge in [-0.05, 0) is 48.7 Å². The smallest absolute Gasteiger partial charge is 0.243 e. The number of sulfonamides is 1. The minimum atomic E-state index is -3.73. The van der Waals surface area contributed by atoms with Crippen LogP contribution in [0, 0.1) is 6.92 Å². The summed E-state index contributed by atoms with van der Waals surface area (Å²) in [4.78, 5) is 18.0. The summed E-state index contributed by atoms with van der Waals surface area (Å²) in [5.74, 6) is 0.0771. The van der Waals surface area contributed by atoms with Gasteiger partial charge in [0.25, 0.3) is 0 Å². The van der Waals surface area contributed by atoms with Crippen molar-refractivity contribution < 1.29 is 17.9 Å². The predicted molar refractivity (Wildman–Crippen MR) is 106 cm³/mol. The van der Waals surface area contributed by atoms with Crippen LogP contribution in [0.2, 0.25) is 0 Å². The molecule has 1 aliphatic rings. The molecule has 1 fully saturated rings. The third-order valence-electron chi connectivity index (χ3n) is 4.79. The van der Waals surface area contributed by atoms with Gasteiger partial charge in [-0.2, -0.15) is 4.31 Å². The Kier molecular flexibility index (Phi) is 6.43. The van der Waals surface area contributed by atoms with Gasteiger partial charge in [-0.1, -0.05) is 6.07 Å². The third kappa shape index (κ3) is 4.40. The minimum absolute atomic E-state index is 0.0771. The van der Waals surface area contributed by atoms with Gasteiger partial charge in [0.05, 0.1) is 11.5 Å². The van der Waals surface area contributed by atoms with Crippen molar-refractivity contribution in [2.24, 2.45) is 0 Å². The van der Waals surface area contributed by atoms with Crippen molar-refractivity contribution in [3.8, 4) is 0 Å². The molecule has 1 aromatic heterocycles. The summed E-state index contributed by atoms with van der Waals surface area (Å²) < 4.78 is 33.2. The van der Waals surface area contributed by atoms with Crippen LogP contribution in [-0.4, -0.2) is 50.4 Å². The maximum atomic E-state index is 13.3. The summed E-state index contributed by atoms with van der Waals surface area (Å²) in [6, 6.07) is 8.70. The van der Waals surface area contributed by atoms with E-state index in [-0.39, 0.29) is 23.9 Å². The summed E-state index contributed by atoms with van der Waals surface area (Å²) in [6.45, 7) is 3.17. The number of aromatic nitrogens is 1. The molecule has 150 valence electrons. The summed E-state index contributed by atoms with van der Waals surface area (Å²) in [7, 11) is -2.19. The van der Waals surface area contributed by atoms with Crippen molar-refractivity contribution >= 4 is 21.6 Å². The largest absolute Gasteiger partial charge is 0.383 e. The zero-order valence-corrected chi connectivity index (χ0v) is 17.0. The van der Waals surface area contributed by atoms with Crippen molar-refractivity contribution in [1.82, 2.24) is 9.29 Å². The maximum Gasteiger partial charge on any atom is 0.243 e. The van der Waals surface area contributed by atoms with Crippen molar-refractivity contribution in [1.29, 1.82) is 0 Å². The monoisotopic (exact) mass is 403 g/mol. The number of nitrogens with zero attached hydrogens (tertiary/aromatic N) is 3. The molecule has 0 aliphatic carbocycles. The Hall–Kier alpha value is -2.29. The lowest BCUT2D eigenvalue weighted by Gasteiger charge is -2.24. The highest BCUT2D eigenvalue weighted by Gasteiger charge is 2.28. The topological polar surface area (TPSA) is 79.8 Å². The standard InChI is InChI=1S/C20H25N3O4S/c1-16-13-18(23-10-4-6-20(23)24)7-8-19(16)28(25,26)22(11-12-27-2)15-17-5-3-9-21-14-17/h3,5,7-9,13-14H,4,6,10-12,15H2,1-2H3. The summed E-state index contributed by atoms with van der Waals surface area (Å²) in [5.41, 5.74) is 2.17. The molecule has 1 aromatic carbocycles. The minimum Gasteiger partial charge on any atom is -0.383 e. The highest BCUT2D eigenvalue weighted by molar-refractivity contribution is 7.89. The Balaban J connectivity index is 1.90. The van der Waals surface area contributed by atoms with Gasteiger partial charge < -0.3 is 9.64 Å². The van der Waals surface area contributed by atoms with Crippen molar-refractivity contribution in [2.75, 3.05) is 31.7 Å². The molecule has 0 atom stereocenters. The molecule has 0 radical (unpaired) electrons. The number of benzene rings is 1. The molecule has 1 amide bonds. The summed E-state index contributed by atoms with van der Waals surface area (Å²) in [6.07, 6.45) is 4.67. The average molecular weight is 404 g/mol. The zero-order valence-electron chi connectivity index (χ0n) is 16.2. The molecule has 0 saturated carbocycles. The molecule has 0 spiro atoms. The average Bonchev–Trinajstić information content (AvgIpc) is 3.11. The van der Waals surface area contributed by atoms with Crippen LogP contribution in [-0.2, 0) is 26.1 Å². The number of pyridine rings is 1.